The smallest absolute Gasteiger partial charge is 0.348 e. The van der Waals surface area contributed by atoms with E-state index in [-0.39, 0.29) is 17.0 Å². The van der Waals surface area contributed by atoms with Crippen LogP contribution in [0.1, 0.15) is 11.3 Å². The van der Waals surface area contributed by atoms with Gasteiger partial charge in [-0.1, -0.05) is 12.1 Å². The van der Waals surface area contributed by atoms with Crippen LogP contribution in [0, 0.1) is 12.7 Å². The first kappa shape index (κ1) is 12.0. The number of hydrogen-bond donors (Lipinski definition) is 1. The molecular formula is C13H10FNO3. The summed E-state index contributed by atoms with van der Waals surface area (Å²) in [4.78, 5) is 15.3. The number of hydrogen-bond acceptors (Lipinski definition) is 4. The molecule has 18 heavy (non-hydrogen) atoms. The molecule has 0 aliphatic heterocycles. The van der Waals surface area contributed by atoms with Gasteiger partial charge in [0.2, 0.25) is 0 Å². The summed E-state index contributed by atoms with van der Waals surface area (Å²) in [6.45, 7) is 1.54. The lowest BCUT2D eigenvalue weighted by molar-refractivity contribution is 0.433. The molecule has 0 saturated heterocycles. The number of halogens is 1. The lowest BCUT2D eigenvalue weighted by atomic mass is 10.2. The Morgan fingerprint density at radius 1 is 1.39 bits per heavy atom. The number of para-hydroxylation sites is 1. The van der Waals surface area contributed by atoms with Gasteiger partial charge in [0.15, 0.2) is 0 Å². The van der Waals surface area contributed by atoms with Gasteiger partial charge in [0.1, 0.15) is 22.9 Å². The zero-order valence-electron chi connectivity index (χ0n) is 9.55. The molecule has 0 amide bonds. The first-order chi connectivity index (χ1) is 8.58. The highest BCUT2D eigenvalue weighted by atomic mass is 19.1. The van der Waals surface area contributed by atoms with Gasteiger partial charge in [0.25, 0.3) is 0 Å². The number of nitrogens with zero attached hydrogens (tertiary/aromatic N) is 1. The Balaban J connectivity index is 2.42. The standard InChI is InChI=1S/C13H10FNO3/c1-8-6-12(16)9(13(17)18-8)7-15-11-5-3-2-4-10(11)14/h2-7,16H,1H3. The summed E-state index contributed by atoms with van der Waals surface area (Å²) in [5, 5.41) is 9.57. The predicted molar refractivity (Wildman–Crippen MR) is 65.0 cm³/mol. The molecule has 2 rings (SSSR count). The normalized spacial score (nSPS) is 11.0. The van der Waals surface area contributed by atoms with Gasteiger partial charge < -0.3 is 9.52 Å². The molecule has 0 aliphatic carbocycles. The van der Waals surface area contributed by atoms with E-state index < -0.39 is 11.4 Å². The van der Waals surface area contributed by atoms with Crippen molar-refractivity contribution in [3.8, 4) is 5.75 Å². The van der Waals surface area contributed by atoms with Crippen LogP contribution in [0.5, 0.6) is 5.75 Å². The van der Waals surface area contributed by atoms with Crippen LogP contribution in [0.25, 0.3) is 0 Å². The topological polar surface area (TPSA) is 62.8 Å². The molecule has 0 atom stereocenters. The van der Waals surface area contributed by atoms with Crippen LogP contribution in [0.15, 0.2) is 44.5 Å². The van der Waals surface area contributed by atoms with Crippen molar-refractivity contribution >= 4 is 11.9 Å². The van der Waals surface area contributed by atoms with Gasteiger partial charge in [-0.15, -0.1) is 0 Å². The summed E-state index contributed by atoms with van der Waals surface area (Å²) < 4.78 is 18.1. The molecule has 0 saturated carbocycles. The molecule has 2 aromatic rings. The van der Waals surface area contributed by atoms with E-state index in [0.717, 1.165) is 6.21 Å². The van der Waals surface area contributed by atoms with Gasteiger partial charge in [-0.05, 0) is 19.1 Å². The molecular weight excluding hydrogens is 237 g/mol. The average molecular weight is 247 g/mol. The van der Waals surface area contributed by atoms with Crippen molar-refractivity contribution in [3.05, 3.63) is 57.9 Å². The highest BCUT2D eigenvalue weighted by molar-refractivity contribution is 5.84. The van der Waals surface area contributed by atoms with E-state index in [1.165, 1.54) is 24.3 Å². The Hall–Kier alpha value is -2.43. The van der Waals surface area contributed by atoms with Gasteiger partial charge in [0.05, 0.1) is 5.69 Å². The lowest BCUT2D eigenvalue weighted by Crippen LogP contribution is -2.07. The Kier molecular flexibility index (Phi) is 3.23. The van der Waals surface area contributed by atoms with Crippen LogP contribution < -0.4 is 5.63 Å². The van der Waals surface area contributed by atoms with Crippen LogP contribution >= 0.6 is 0 Å². The second-order valence-corrected chi connectivity index (χ2v) is 3.65. The van der Waals surface area contributed by atoms with Crippen LogP contribution in [-0.4, -0.2) is 11.3 Å². The maximum atomic E-state index is 13.3. The van der Waals surface area contributed by atoms with Crippen molar-refractivity contribution in [1.82, 2.24) is 0 Å². The van der Waals surface area contributed by atoms with Crippen LogP contribution in [0.2, 0.25) is 0 Å². The molecule has 0 aliphatic rings. The third-order valence-electron chi connectivity index (χ3n) is 2.27. The average Bonchev–Trinajstić information content (AvgIpc) is 2.30. The Morgan fingerprint density at radius 2 is 2.11 bits per heavy atom. The fourth-order valence-corrected chi connectivity index (χ4v) is 1.41. The number of aryl methyl sites for hydroxylation is 1. The number of aromatic hydroxyl groups is 1. The van der Waals surface area contributed by atoms with Crippen molar-refractivity contribution in [2.45, 2.75) is 6.92 Å². The molecule has 1 aromatic carbocycles. The van der Waals surface area contributed by atoms with Gasteiger partial charge in [0, 0.05) is 12.3 Å². The van der Waals surface area contributed by atoms with Gasteiger partial charge in [-0.3, -0.25) is 4.99 Å². The largest absolute Gasteiger partial charge is 0.507 e. The van der Waals surface area contributed by atoms with Crippen molar-refractivity contribution < 1.29 is 13.9 Å². The lowest BCUT2D eigenvalue weighted by Gasteiger charge is -1.98. The van der Waals surface area contributed by atoms with Gasteiger partial charge in [-0.2, -0.15) is 0 Å². The monoisotopic (exact) mass is 247 g/mol. The highest BCUT2D eigenvalue weighted by Gasteiger charge is 2.07. The summed E-state index contributed by atoms with van der Waals surface area (Å²) in [5.74, 6) is -0.464. The highest BCUT2D eigenvalue weighted by Crippen LogP contribution is 2.18. The third-order valence-corrected chi connectivity index (χ3v) is 2.27. The molecule has 1 heterocycles. The second kappa shape index (κ2) is 4.83. The number of aliphatic imine (C=N–C) groups is 1. The quantitative estimate of drug-likeness (QED) is 0.829. The minimum absolute atomic E-state index is 0.0804. The Labute approximate surface area is 102 Å². The van der Waals surface area contributed by atoms with Crippen molar-refractivity contribution in [2.75, 3.05) is 0 Å². The van der Waals surface area contributed by atoms with E-state index in [0.29, 0.717) is 5.76 Å². The fourth-order valence-electron chi connectivity index (χ4n) is 1.41. The SMILES string of the molecule is Cc1cc(O)c(C=Nc2ccccc2F)c(=O)o1. The molecule has 1 N–H and O–H groups in total. The van der Waals surface area contributed by atoms with E-state index in [2.05, 4.69) is 4.99 Å². The summed E-state index contributed by atoms with van der Waals surface area (Å²) in [7, 11) is 0. The summed E-state index contributed by atoms with van der Waals surface area (Å²) >= 11 is 0. The summed E-state index contributed by atoms with van der Waals surface area (Å²) in [5.41, 5.74) is -0.742. The van der Waals surface area contributed by atoms with E-state index in [4.69, 9.17) is 4.42 Å². The first-order valence-corrected chi connectivity index (χ1v) is 5.20. The van der Waals surface area contributed by atoms with E-state index >= 15 is 0 Å². The van der Waals surface area contributed by atoms with E-state index in [9.17, 15) is 14.3 Å². The molecule has 4 nitrogen and oxygen atoms in total. The zero-order chi connectivity index (χ0) is 13.1. The Bertz CT molecular complexity index is 662. The third kappa shape index (κ3) is 2.45. The molecule has 0 bridgehead atoms. The second-order valence-electron chi connectivity index (χ2n) is 3.65. The molecule has 92 valence electrons. The number of benzene rings is 1. The molecule has 0 fully saturated rings. The Morgan fingerprint density at radius 3 is 2.78 bits per heavy atom. The molecule has 0 unspecified atom stereocenters. The van der Waals surface area contributed by atoms with Crippen molar-refractivity contribution in [2.24, 2.45) is 4.99 Å². The maximum Gasteiger partial charge on any atom is 0.348 e. The maximum absolute atomic E-state index is 13.3. The van der Waals surface area contributed by atoms with Crippen molar-refractivity contribution in [3.63, 3.8) is 0 Å². The molecule has 0 spiro atoms. The van der Waals surface area contributed by atoms with E-state index in [1.807, 2.05) is 0 Å². The summed E-state index contributed by atoms with van der Waals surface area (Å²) in [6, 6.07) is 7.16. The van der Waals surface area contributed by atoms with Crippen molar-refractivity contribution in [1.29, 1.82) is 0 Å². The van der Waals surface area contributed by atoms with Crippen LogP contribution in [0.3, 0.4) is 0 Å². The van der Waals surface area contributed by atoms with Gasteiger partial charge in [-0.25, -0.2) is 9.18 Å². The summed E-state index contributed by atoms with van der Waals surface area (Å²) in [6.07, 6.45) is 1.08. The minimum Gasteiger partial charge on any atom is -0.507 e. The predicted octanol–water partition coefficient (Wildman–Crippen LogP) is 2.54. The van der Waals surface area contributed by atoms with Crippen LogP contribution in [0.4, 0.5) is 10.1 Å². The zero-order valence-corrected chi connectivity index (χ0v) is 9.55. The molecule has 0 radical (unpaired) electrons. The van der Waals surface area contributed by atoms with E-state index in [1.54, 1.807) is 13.0 Å². The molecule has 5 heteroatoms. The first-order valence-electron chi connectivity index (χ1n) is 5.20. The fraction of sp³-hybridized carbons (Fsp3) is 0.0769. The minimum atomic E-state index is -0.715. The van der Waals surface area contributed by atoms with Crippen LogP contribution in [-0.2, 0) is 0 Å². The molecule has 1 aromatic heterocycles. The van der Waals surface area contributed by atoms with Gasteiger partial charge >= 0.3 is 5.63 Å². The number of rotatable bonds is 2.